The fourth-order valence-corrected chi connectivity index (χ4v) is 7.13. The Morgan fingerprint density at radius 2 is 1.68 bits per heavy atom. The summed E-state index contributed by atoms with van der Waals surface area (Å²) in [6.45, 7) is 14.4. The van der Waals surface area contributed by atoms with Crippen molar-refractivity contribution in [2.24, 2.45) is 17.3 Å². The lowest BCUT2D eigenvalue weighted by Gasteiger charge is -2.36. The first-order valence-electron chi connectivity index (χ1n) is 17.8. The zero-order valence-corrected chi connectivity index (χ0v) is 31.7. The third-order valence-corrected chi connectivity index (χ3v) is 10.4. The zero-order chi connectivity index (χ0) is 38.3. The predicted octanol–water partition coefficient (Wildman–Crippen LogP) is 4.26. The third kappa shape index (κ3) is 8.45. The molecular weight excluding hydrogens is 699 g/mol. The van der Waals surface area contributed by atoms with E-state index < -0.39 is 64.5 Å². The number of thiophene rings is 1. The monoisotopic (exact) mass is 745 g/mol. The second-order valence-electron chi connectivity index (χ2n) is 16.0. The molecule has 14 nitrogen and oxygen atoms in total. The van der Waals surface area contributed by atoms with E-state index in [1.807, 2.05) is 41.8 Å². The molecule has 0 spiro atoms. The van der Waals surface area contributed by atoms with Gasteiger partial charge in [0.05, 0.1) is 22.5 Å². The smallest absolute Gasteiger partial charge is 0.408 e. The second kappa shape index (κ2) is 14.4. The Labute approximate surface area is 312 Å². The van der Waals surface area contributed by atoms with Crippen LogP contribution in [0.2, 0.25) is 0 Å². The van der Waals surface area contributed by atoms with Gasteiger partial charge in [0.1, 0.15) is 35.0 Å². The van der Waals surface area contributed by atoms with Crippen molar-refractivity contribution < 1.29 is 33.4 Å². The summed E-state index contributed by atoms with van der Waals surface area (Å²) in [5.74, 6) is -2.27. The van der Waals surface area contributed by atoms with Crippen molar-refractivity contribution in [2.45, 2.75) is 96.6 Å². The van der Waals surface area contributed by atoms with Crippen LogP contribution in [0.3, 0.4) is 0 Å². The minimum atomic E-state index is -1.38. The zero-order valence-electron chi connectivity index (χ0n) is 30.9. The van der Waals surface area contributed by atoms with E-state index in [0.29, 0.717) is 16.7 Å². The van der Waals surface area contributed by atoms with E-state index in [1.54, 1.807) is 47.6 Å². The molecule has 1 aromatic carbocycles. The lowest BCUT2D eigenvalue weighted by atomic mass is 9.85. The number of hydrogen-bond donors (Lipinski definition) is 4. The van der Waals surface area contributed by atoms with Gasteiger partial charge in [-0.3, -0.25) is 30.0 Å². The van der Waals surface area contributed by atoms with Crippen LogP contribution in [0.5, 0.6) is 5.88 Å². The van der Waals surface area contributed by atoms with E-state index in [-0.39, 0.29) is 37.1 Å². The molecule has 15 heteroatoms. The largest absolute Gasteiger partial charge is 0.471 e. The molecule has 5 amide bonds. The van der Waals surface area contributed by atoms with Gasteiger partial charge in [-0.2, -0.15) is 0 Å². The number of likely N-dealkylation sites (tertiary alicyclic amines) is 1. The Kier molecular flexibility index (Phi) is 10.2. The molecule has 0 unspecified atom stereocenters. The molecule has 0 radical (unpaired) electrons. The number of alkyl carbamates (subject to hydrolysis) is 1. The minimum Gasteiger partial charge on any atom is -0.471 e. The van der Waals surface area contributed by atoms with Gasteiger partial charge in [0.15, 0.2) is 0 Å². The molecule has 5 atom stereocenters. The van der Waals surface area contributed by atoms with Crippen LogP contribution in [0.25, 0.3) is 21.6 Å². The Bertz CT molecular complexity index is 1920. The quantitative estimate of drug-likeness (QED) is 0.174. The molecule has 1 saturated heterocycles. The number of hydrazine groups is 1. The summed E-state index contributed by atoms with van der Waals surface area (Å²) < 4.78 is 12.0. The highest BCUT2D eigenvalue weighted by molar-refractivity contribution is 7.13. The SMILES string of the molecule is C=C[C@@H]1C[C@@]1(NC(=O)[C@@H]1C[C@@H](Oc2nc3ccccc3nc2-c2cccs2)CN1C(=O)[C@@H](NC(=O)OC(C)(C)C)C(C)(C)C)C(=O)NNC(=O)C1CC1. The van der Waals surface area contributed by atoms with Gasteiger partial charge in [0.25, 0.3) is 5.91 Å². The number of carbonyl (C=O) groups excluding carboxylic acids is 5. The molecule has 282 valence electrons. The van der Waals surface area contributed by atoms with E-state index in [0.717, 1.165) is 17.7 Å². The molecular formula is C38H47N7O7S. The lowest BCUT2D eigenvalue weighted by Crippen LogP contribution is -2.61. The maximum atomic E-state index is 14.6. The van der Waals surface area contributed by atoms with Crippen molar-refractivity contribution in [3.05, 3.63) is 54.4 Å². The van der Waals surface area contributed by atoms with Gasteiger partial charge in [-0.25, -0.2) is 14.8 Å². The molecule has 1 aliphatic heterocycles. The highest BCUT2D eigenvalue weighted by Crippen LogP contribution is 2.45. The number of carbonyl (C=O) groups is 5. The number of ether oxygens (including phenoxy) is 2. The van der Waals surface area contributed by atoms with Crippen LogP contribution in [0.1, 0.15) is 67.2 Å². The minimum absolute atomic E-state index is 0.0284. The van der Waals surface area contributed by atoms with E-state index in [4.69, 9.17) is 19.4 Å². The number of hydrogen-bond acceptors (Lipinski definition) is 10. The first-order chi connectivity index (χ1) is 25.0. The highest BCUT2D eigenvalue weighted by atomic mass is 32.1. The van der Waals surface area contributed by atoms with Crippen LogP contribution in [0.15, 0.2) is 54.4 Å². The summed E-state index contributed by atoms with van der Waals surface area (Å²) in [6.07, 6.45) is 1.90. The number of rotatable bonds is 10. The number of nitrogens with zero attached hydrogens (tertiary/aromatic N) is 3. The average molecular weight is 746 g/mol. The maximum Gasteiger partial charge on any atom is 0.408 e. The van der Waals surface area contributed by atoms with Crippen LogP contribution in [-0.2, 0) is 23.9 Å². The second-order valence-corrected chi connectivity index (χ2v) is 16.9. The van der Waals surface area contributed by atoms with Crippen LogP contribution < -0.4 is 26.2 Å². The molecule has 2 aromatic heterocycles. The molecule has 3 heterocycles. The van der Waals surface area contributed by atoms with Crippen LogP contribution in [0, 0.1) is 17.3 Å². The Hall–Kier alpha value is -5.05. The van der Waals surface area contributed by atoms with Crippen molar-refractivity contribution in [3.63, 3.8) is 0 Å². The fraction of sp³-hybridized carbons (Fsp3) is 0.500. The summed E-state index contributed by atoms with van der Waals surface area (Å²) in [4.78, 5) is 79.5. The maximum absolute atomic E-state index is 14.6. The lowest BCUT2D eigenvalue weighted by molar-refractivity contribution is -0.143. The van der Waals surface area contributed by atoms with Crippen molar-refractivity contribution in [3.8, 4) is 16.5 Å². The molecule has 6 rings (SSSR count). The van der Waals surface area contributed by atoms with Crippen molar-refractivity contribution >= 4 is 52.1 Å². The van der Waals surface area contributed by atoms with Gasteiger partial charge < -0.3 is 25.0 Å². The summed E-state index contributed by atoms with van der Waals surface area (Å²) in [5, 5.41) is 7.55. The standard InChI is InChI=1S/C38H47N7O7S/c1-8-22-19-38(22,34(49)44-43-30(46)21-15-16-21)42-31(47)26-18-23(20-45(26)33(48)29(36(2,3)4)41-35(50)52-37(5,6)7)51-32-28(27-14-11-17-53-27)39-24-12-9-10-13-25(24)40-32/h8-14,17,21-23,26,29H,1,15-16,18-20H2,2-7H3,(H,41,50)(H,42,47)(H,43,46)(H,44,49)/t22-,23-,26+,29-,38+/m1/s1. The van der Waals surface area contributed by atoms with Crippen molar-refractivity contribution in [1.29, 1.82) is 0 Å². The van der Waals surface area contributed by atoms with Crippen LogP contribution in [0.4, 0.5) is 4.79 Å². The summed E-state index contributed by atoms with van der Waals surface area (Å²) >= 11 is 1.48. The summed E-state index contributed by atoms with van der Waals surface area (Å²) in [7, 11) is 0. The topological polar surface area (TPSA) is 181 Å². The Morgan fingerprint density at radius 3 is 2.26 bits per heavy atom. The van der Waals surface area contributed by atoms with Gasteiger partial charge in [0.2, 0.25) is 23.6 Å². The molecule has 3 aromatic rings. The molecule has 2 aliphatic carbocycles. The van der Waals surface area contributed by atoms with Crippen molar-refractivity contribution in [1.82, 2.24) is 36.4 Å². The number of benzene rings is 1. The molecule has 2 saturated carbocycles. The molecule has 3 aliphatic rings. The number of para-hydroxylation sites is 2. The van der Waals surface area contributed by atoms with E-state index in [2.05, 4.69) is 28.1 Å². The Morgan fingerprint density at radius 1 is 0.981 bits per heavy atom. The number of aromatic nitrogens is 2. The summed E-state index contributed by atoms with van der Waals surface area (Å²) in [6, 6.07) is 9.04. The van der Waals surface area contributed by atoms with E-state index in [1.165, 1.54) is 16.2 Å². The first-order valence-corrected chi connectivity index (χ1v) is 18.7. The van der Waals surface area contributed by atoms with E-state index >= 15 is 0 Å². The number of amides is 5. The molecule has 4 N–H and O–H groups in total. The van der Waals surface area contributed by atoms with Crippen LogP contribution >= 0.6 is 11.3 Å². The number of nitrogens with one attached hydrogen (secondary N) is 4. The van der Waals surface area contributed by atoms with Gasteiger partial charge in [-0.05, 0) is 69.0 Å². The summed E-state index contributed by atoms with van der Waals surface area (Å²) in [5.41, 5.74) is 3.77. The fourth-order valence-electron chi connectivity index (χ4n) is 6.43. The van der Waals surface area contributed by atoms with Gasteiger partial charge >= 0.3 is 6.09 Å². The first kappa shape index (κ1) is 37.7. The molecule has 3 fully saturated rings. The van der Waals surface area contributed by atoms with Gasteiger partial charge in [0, 0.05) is 18.3 Å². The van der Waals surface area contributed by atoms with Crippen molar-refractivity contribution in [2.75, 3.05) is 6.54 Å². The third-order valence-electron chi connectivity index (χ3n) is 9.49. The van der Waals surface area contributed by atoms with E-state index in [9.17, 15) is 24.0 Å². The van der Waals surface area contributed by atoms with Gasteiger partial charge in [-0.1, -0.05) is 45.0 Å². The average Bonchev–Trinajstić information content (AvgIpc) is 3.95. The normalized spacial score (nSPS) is 23.1. The number of fused-ring (bicyclic) bond motifs is 1. The van der Waals surface area contributed by atoms with Gasteiger partial charge in [-0.15, -0.1) is 17.9 Å². The molecule has 53 heavy (non-hydrogen) atoms. The predicted molar refractivity (Wildman–Crippen MR) is 198 cm³/mol. The van der Waals surface area contributed by atoms with Crippen LogP contribution in [-0.4, -0.2) is 80.5 Å². The Balaban J connectivity index is 1.30. The molecule has 0 bridgehead atoms. The highest BCUT2D eigenvalue weighted by Gasteiger charge is 2.61.